The van der Waals surface area contributed by atoms with Gasteiger partial charge in [0.15, 0.2) is 17.8 Å². The Morgan fingerprint density at radius 2 is 1.30 bits per heavy atom. The van der Waals surface area contributed by atoms with Crippen LogP contribution in [0.15, 0.2) is 79.0 Å². The van der Waals surface area contributed by atoms with Crippen molar-refractivity contribution in [2.75, 3.05) is 55.6 Å². The molecule has 0 radical (unpaired) electrons. The van der Waals surface area contributed by atoms with Gasteiger partial charge >= 0.3 is 0 Å². The van der Waals surface area contributed by atoms with Gasteiger partial charge in [-0.2, -0.15) is 0 Å². The molecule has 0 saturated carbocycles. The van der Waals surface area contributed by atoms with Crippen LogP contribution in [-0.4, -0.2) is 112 Å². The molecule has 3 atom stereocenters. The molecule has 6 aromatic rings. The van der Waals surface area contributed by atoms with Crippen molar-refractivity contribution < 1.29 is 28.2 Å². The third-order valence-corrected chi connectivity index (χ3v) is 15.0. The predicted molar refractivity (Wildman–Crippen MR) is 300 cm³/mol. The van der Waals surface area contributed by atoms with Crippen molar-refractivity contribution in [3.05, 3.63) is 141 Å². The van der Waals surface area contributed by atoms with Crippen LogP contribution in [0.5, 0.6) is 11.5 Å². The van der Waals surface area contributed by atoms with Gasteiger partial charge < -0.3 is 36.1 Å². The van der Waals surface area contributed by atoms with E-state index in [9.17, 15) is 14.4 Å². The first kappa shape index (κ1) is 55.7. The first-order chi connectivity index (χ1) is 36.7. The number of nitrogens with two attached hydrogens (primary N) is 2. The van der Waals surface area contributed by atoms with Gasteiger partial charge in [-0.1, -0.05) is 70.2 Å². The van der Waals surface area contributed by atoms with Gasteiger partial charge in [-0.05, 0) is 124 Å². The quantitative estimate of drug-likeness (QED) is 0.0742. The Hall–Kier alpha value is -7.50. The smallest absolute Gasteiger partial charge is 0.255 e. The Balaban J connectivity index is 1.04. The molecule has 8 rings (SSSR count). The van der Waals surface area contributed by atoms with Gasteiger partial charge in [-0.3, -0.25) is 24.2 Å². The zero-order chi connectivity index (χ0) is 55.4. The monoisotopic (exact) mass is 1050 g/mol. The molecule has 2 fully saturated rings. The van der Waals surface area contributed by atoms with Crippen molar-refractivity contribution in [3.8, 4) is 34.3 Å². The van der Waals surface area contributed by atoms with E-state index in [1.54, 1.807) is 0 Å². The highest BCUT2D eigenvalue weighted by Crippen LogP contribution is 2.34. The Bertz CT molecular complexity index is 3150. The summed E-state index contributed by atoms with van der Waals surface area (Å²) in [5.41, 5.74) is 21.3. The van der Waals surface area contributed by atoms with E-state index >= 15 is 4.39 Å². The summed E-state index contributed by atoms with van der Waals surface area (Å²) in [6.07, 6.45) is 0.637. The van der Waals surface area contributed by atoms with Crippen molar-refractivity contribution in [2.24, 2.45) is 11.5 Å². The third kappa shape index (κ3) is 12.7. The SMILES string of the molecule is Cc1ccc(C(C)C)cc1OCc1cnc(-c2c(C)cccc2C)nc1N1CCN(C(NC(=O)c2ccc(F)c(-c3nc(C)c(COc4cc(C(C)C)ccc4C)c(N4CCN(CC(N)=O)[C@H](C)C4)n3)c2)C(N)=O)[C@H](C)C1. The standard InChI is InChI=1S/C60H74FN11O5/c1-34(2)43-17-15-36(5)50(26-43)76-32-46-28-64-56(53-38(7)13-12-14-39(53)8)67-57(46)70-23-24-72(41(10)30-70)59(54(63)74)68-60(75)45-19-20-49(61)47(25-45)55-65-42(11)48(33-77-51-27-44(35(3)4)18-16-37(51)6)58(66-55)71-22-21-69(31-52(62)73)40(9)29-71/h12-20,25-28,34-35,40-41,59H,21-24,29-33H2,1-11H3,(H2,62,73)(H2,63,74)(H,68,75)/t40-,41-,59?/m1/s1. The minimum Gasteiger partial charge on any atom is -0.488 e. The number of hydrogen-bond donors (Lipinski definition) is 3. The molecule has 16 nitrogen and oxygen atoms in total. The Labute approximate surface area is 452 Å². The van der Waals surface area contributed by atoms with Crippen molar-refractivity contribution in [1.82, 2.24) is 35.1 Å². The van der Waals surface area contributed by atoms with Crippen molar-refractivity contribution in [2.45, 2.75) is 119 Å². The molecule has 2 aromatic heterocycles. The third-order valence-electron chi connectivity index (χ3n) is 15.0. The lowest BCUT2D eigenvalue weighted by Crippen LogP contribution is -2.64. The number of rotatable bonds is 18. The van der Waals surface area contributed by atoms with Crippen LogP contribution in [0.3, 0.4) is 0 Å². The lowest BCUT2D eigenvalue weighted by Gasteiger charge is -2.43. The summed E-state index contributed by atoms with van der Waals surface area (Å²) in [5, 5.41) is 2.87. The van der Waals surface area contributed by atoms with Gasteiger partial charge in [0.2, 0.25) is 5.91 Å². The molecule has 2 aliphatic rings. The highest BCUT2D eigenvalue weighted by molar-refractivity contribution is 5.98. The van der Waals surface area contributed by atoms with Crippen LogP contribution in [0.25, 0.3) is 22.8 Å². The summed E-state index contributed by atoms with van der Waals surface area (Å²) in [6, 6.07) is 22.2. The topological polar surface area (TPSA) is 198 Å². The highest BCUT2D eigenvalue weighted by atomic mass is 19.1. The van der Waals surface area contributed by atoms with E-state index in [0.29, 0.717) is 74.3 Å². The highest BCUT2D eigenvalue weighted by Gasteiger charge is 2.36. The van der Waals surface area contributed by atoms with E-state index in [0.717, 1.165) is 56.0 Å². The number of halogens is 1. The molecule has 0 bridgehead atoms. The lowest BCUT2D eigenvalue weighted by molar-refractivity contribution is -0.125. The fraction of sp³-hybridized carbons (Fsp3) is 0.417. The number of nitrogens with zero attached hydrogens (tertiary/aromatic N) is 8. The minimum atomic E-state index is -1.20. The van der Waals surface area contributed by atoms with Crippen molar-refractivity contribution in [1.29, 1.82) is 0 Å². The summed E-state index contributed by atoms with van der Waals surface area (Å²) in [4.78, 5) is 67.7. The number of amides is 3. The van der Waals surface area contributed by atoms with Gasteiger partial charge in [-0.25, -0.2) is 24.3 Å². The van der Waals surface area contributed by atoms with Crippen LogP contribution in [0.2, 0.25) is 0 Å². The van der Waals surface area contributed by atoms with Crippen LogP contribution < -0.4 is 36.1 Å². The molecule has 2 saturated heterocycles. The first-order valence-corrected chi connectivity index (χ1v) is 26.6. The van der Waals surface area contributed by atoms with Gasteiger partial charge in [-0.15, -0.1) is 0 Å². The summed E-state index contributed by atoms with van der Waals surface area (Å²) in [6.45, 7) is 25.8. The van der Waals surface area contributed by atoms with Crippen LogP contribution in [0.1, 0.15) is 114 Å². The molecule has 17 heteroatoms. The van der Waals surface area contributed by atoms with Crippen LogP contribution in [0.4, 0.5) is 16.0 Å². The van der Waals surface area contributed by atoms with Crippen molar-refractivity contribution >= 4 is 29.4 Å². The van der Waals surface area contributed by atoms with Gasteiger partial charge in [0.05, 0.1) is 28.9 Å². The van der Waals surface area contributed by atoms with Gasteiger partial charge in [0, 0.05) is 68.7 Å². The Kier molecular flexibility index (Phi) is 17.2. The van der Waals surface area contributed by atoms with Crippen LogP contribution >= 0.6 is 0 Å². The second kappa shape index (κ2) is 23.8. The zero-order valence-electron chi connectivity index (χ0n) is 46.4. The predicted octanol–water partition coefficient (Wildman–Crippen LogP) is 8.43. The van der Waals surface area contributed by atoms with E-state index in [1.807, 2.05) is 88.7 Å². The number of carbonyl (C=O) groups excluding carboxylic acids is 3. The number of primary amides is 2. The number of piperazine rings is 2. The molecule has 406 valence electrons. The second-order valence-corrected chi connectivity index (χ2v) is 21.4. The average molecular weight is 1050 g/mol. The molecule has 4 aromatic carbocycles. The van der Waals surface area contributed by atoms with Crippen molar-refractivity contribution in [3.63, 3.8) is 0 Å². The number of nitrogens with one attached hydrogen (secondary N) is 1. The van der Waals surface area contributed by atoms with E-state index in [1.165, 1.54) is 23.8 Å². The number of aryl methyl sites for hydroxylation is 5. The maximum atomic E-state index is 16.2. The average Bonchev–Trinajstić information content (AvgIpc) is 3.38. The molecular weight excluding hydrogens is 974 g/mol. The fourth-order valence-electron chi connectivity index (χ4n) is 10.3. The van der Waals surface area contributed by atoms with Crippen LogP contribution in [0, 0.1) is 40.4 Å². The van der Waals surface area contributed by atoms with Crippen LogP contribution in [-0.2, 0) is 22.8 Å². The number of anilines is 2. The molecule has 1 unspecified atom stereocenters. The van der Waals surface area contributed by atoms with Gasteiger partial charge in [0.1, 0.15) is 42.2 Å². The summed E-state index contributed by atoms with van der Waals surface area (Å²) in [5.74, 6) is 1.69. The molecule has 5 N–H and O–H groups in total. The van der Waals surface area contributed by atoms with E-state index in [2.05, 4.69) is 73.1 Å². The van der Waals surface area contributed by atoms with Gasteiger partial charge in [0.25, 0.3) is 11.8 Å². The number of hydrogen-bond acceptors (Lipinski definition) is 13. The summed E-state index contributed by atoms with van der Waals surface area (Å²) < 4.78 is 29.2. The fourth-order valence-corrected chi connectivity index (χ4v) is 10.3. The van der Waals surface area contributed by atoms with E-state index < -0.39 is 29.7 Å². The number of aromatic nitrogens is 4. The maximum Gasteiger partial charge on any atom is 0.255 e. The normalized spacial score (nSPS) is 16.7. The summed E-state index contributed by atoms with van der Waals surface area (Å²) >= 11 is 0. The Morgan fingerprint density at radius 3 is 1.90 bits per heavy atom. The minimum absolute atomic E-state index is 0.000601. The molecule has 77 heavy (non-hydrogen) atoms. The van der Waals surface area contributed by atoms with E-state index in [-0.39, 0.29) is 48.8 Å². The first-order valence-electron chi connectivity index (χ1n) is 26.6. The number of carbonyl (C=O) groups is 3. The molecule has 3 amide bonds. The van der Waals surface area contributed by atoms with E-state index in [4.69, 9.17) is 40.9 Å². The molecule has 2 aliphatic heterocycles. The number of benzene rings is 4. The summed E-state index contributed by atoms with van der Waals surface area (Å²) in [7, 11) is 0. The zero-order valence-corrected chi connectivity index (χ0v) is 46.4. The Morgan fingerprint density at radius 1 is 0.701 bits per heavy atom. The maximum absolute atomic E-state index is 16.2. The largest absolute Gasteiger partial charge is 0.488 e. The molecule has 4 heterocycles. The number of ether oxygens (including phenoxy) is 2. The molecule has 0 aliphatic carbocycles. The lowest BCUT2D eigenvalue weighted by atomic mass is 10.0. The second-order valence-electron chi connectivity index (χ2n) is 21.4. The molecule has 0 spiro atoms. The molecular formula is C60H74FN11O5.